The maximum Gasteiger partial charge on any atom is 0.145 e. The molecular weight excluding hydrogens is 717 g/mol. The average molecular weight is 751 g/mol. The van der Waals surface area contributed by atoms with Crippen LogP contribution in [-0.2, 0) is 0 Å². The van der Waals surface area contributed by atoms with Gasteiger partial charge in [-0.05, 0) is 93.7 Å². The monoisotopic (exact) mass is 750 g/mol. The number of fused-ring (bicyclic) bond motifs is 13. The molecule has 3 aromatic heterocycles. The van der Waals surface area contributed by atoms with Crippen LogP contribution in [0.4, 0.5) is 0 Å². The third kappa shape index (κ3) is 4.63. The van der Waals surface area contributed by atoms with Gasteiger partial charge < -0.3 is 9.13 Å². The van der Waals surface area contributed by atoms with Gasteiger partial charge in [0.1, 0.15) is 5.82 Å². The topological polar surface area (TPSA) is 27.7 Å². The van der Waals surface area contributed by atoms with Crippen LogP contribution >= 0.6 is 0 Å². The number of benzene rings is 10. The predicted octanol–water partition coefficient (Wildman–Crippen LogP) is 14.3. The fourth-order valence-corrected chi connectivity index (χ4v) is 9.82. The quantitative estimate of drug-likeness (QED) is 0.165. The molecule has 0 aliphatic heterocycles. The normalized spacial score (nSPS) is 12.1. The Morgan fingerprint density at radius 3 is 1.71 bits per heavy atom. The molecule has 0 spiro atoms. The number of imidazole rings is 1. The second kappa shape index (κ2) is 12.3. The molecular formula is C55H34N4. The van der Waals surface area contributed by atoms with E-state index in [1.54, 1.807) is 0 Å². The SMILES string of the molecule is c1ccc(-c2nc3ccc4ccc5ccc(-n6c7ccccc7c7cc8c9c%10ccccc%10ccc9n(-c9ccccc9)c8cc76)cc5c4c3n2-c2ccccc2)cc1. The van der Waals surface area contributed by atoms with Gasteiger partial charge in [-0.3, -0.25) is 4.57 Å². The first kappa shape index (κ1) is 32.2. The van der Waals surface area contributed by atoms with E-state index in [2.05, 4.69) is 220 Å². The molecule has 10 aromatic carbocycles. The highest BCUT2D eigenvalue weighted by Gasteiger charge is 2.22. The van der Waals surface area contributed by atoms with Crippen LogP contribution in [-0.4, -0.2) is 18.7 Å². The lowest BCUT2D eigenvalue weighted by Crippen LogP contribution is -1.98. The van der Waals surface area contributed by atoms with Gasteiger partial charge in [-0.1, -0.05) is 140 Å². The molecule has 0 atom stereocenters. The average Bonchev–Trinajstić information content (AvgIpc) is 3.96. The summed E-state index contributed by atoms with van der Waals surface area (Å²) < 4.78 is 7.26. The van der Waals surface area contributed by atoms with Gasteiger partial charge in [0.25, 0.3) is 0 Å². The number of aromatic nitrogens is 4. The summed E-state index contributed by atoms with van der Waals surface area (Å²) in [5, 5.41) is 12.3. The van der Waals surface area contributed by atoms with Crippen LogP contribution in [0.2, 0.25) is 0 Å². The molecule has 274 valence electrons. The van der Waals surface area contributed by atoms with Crippen LogP contribution < -0.4 is 0 Å². The van der Waals surface area contributed by atoms with Crippen molar-refractivity contribution in [2.24, 2.45) is 0 Å². The van der Waals surface area contributed by atoms with E-state index in [-0.39, 0.29) is 0 Å². The zero-order valence-corrected chi connectivity index (χ0v) is 31.9. The van der Waals surface area contributed by atoms with Gasteiger partial charge in [0.05, 0.1) is 33.1 Å². The molecule has 0 bridgehead atoms. The first-order valence-corrected chi connectivity index (χ1v) is 20.2. The Morgan fingerprint density at radius 2 is 0.898 bits per heavy atom. The highest BCUT2D eigenvalue weighted by molar-refractivity contribution is 6.26. The molecule has 0 saturated heterocycles. The second-order valence-electron chi connectivity index (χ2n) is 15.6. The van der Waals surface area contributed by atoms with Crippen molar-refractivity contribution in [3.05, 3.63) is 206 Å². The lowest BCUT2D eigenvalue weighted by Gasteiger charge is -2.14. The van der Waals surface area contributed by atoms with Crippen molar-refractivity contribution >= 4 is 87.0 Å². The van der Waals surface area contributed by atoms with E-state index >= 15 is 0 Å². The van der Waals surface area contributed by atoms with E-state index in [9.17, 15) is 0 Å². The molecule has 4 nitrogen and oxygen atoms in total. The van der Waals surface area contributed by atoms with Crippen molar-refractivity contribution in [1.82, 2.24) is 18.7 Å². The third-order valence-electron chi connectivity index (χ3n) is 12.4. The first-order valence-electron chi connectivity index (χ1n) is 20.2. The molecule has 59 heavy (non-hydrogen) atoms. The van der Waals surface area contributed by atoms with Crippen LogP contribution in [0.25, 0.3) is 115 Å². The fraction of sp³-hybridized carbons (Fsp3) is 0. The zero-order valence-electron chi connectivity index (χ0n) is 31.9. The lowest BCUT2D eigenvalue weighted by molar-refractivity contribution is 1.11. The number of hydrogen-bond acceptors (Lipinski definition) is 1. The zero-order chi connectivity index (χ0) is 38.6. The molecule has 3 heterocycles. The smallest absolute Gasteiger partial charge is 0.145 e. The number of hydrogen-bond donors (Lipinski definition) is 0. The molecule has 0 saturated carbocycles. The molecule has 0 aliphatic rings. The Bertz CT molecular complexity index is 3820. The van der Waals surface area contributed by atoms with Crippen molar-refractivity contribution in [2.45, 2.75) is 0 Å². The summed E-state index contributed by atoms with van der Waals surface area (Å²) >= 11 is 0. The van der Waals surface area contributed by atoms with Gasteiger partial charge in [0.15, 0.2) is 0 Å². The second-order valence-corrected chi connectivity index (χ2v) is 15.6. The van der Waals surface area contributed by atoms with Gasteiger partial charge in [-0.25, -0.2) is 4.98 Å². The summed E-state index contributed by atoms with van der Waals surface area (Å²) in [5.41, 5.74) is 11.3. The summed E-state index contributed by atoms with van der Waals surface area (Å²) in [6.07, 6.45) is 0. The Kier molecular flexibility index (Phi) is 6.69. The Balaban J connectivity index is 1.15. The maximum atomic E-state index is 5.32. The highest BCUT2D eigenvalue weighted by atomic mass is 15.1. The van der Waals surface area contributed by atoms with E-state index in [0.717, 1.165) is 39.5 Å². The van der Waals surface area contributed by atoms with Crippen LogP contribution in [0.3, 0.4) is 0 Å². The van der Waals surface area contributed by atoms with Crippen molar-refractivity contribution in [3.63, 3.8) is 0 Å². The number of nitrogens with zero attached hydrogens (tertiary/aromatic N) is 4. The van der Waals surface area contributed by atoms with Gasteiger partial charge in [-0.15, -0.1) is 0 Å². The van der Waals surface area contributed by atoms with Gasteiger partial charge in [0.2, 0.25) is 0 Å². The summed E-state index contributed by atoms with van der Waals surface area (Å²) in [6.45, 7) is 0. The van der Waals surface area contributed by atoms with E-state index in [4.69, 9.17) is 4.98 Å². The third-order valence-corrected chi connectivity index (χ3v) is 12.4. The highest BCUT2D eigenvalue weighted by Crippen LogP contribution is 2.43. The molecule has 13 aromatic rings. The minimum atomic E-state index is 0.931. The van der Waals surface area contributed by atoms with Crippen LogP contribution in [0.1, 0.15) is 0 Å². The van der Waals surface area contributed by atoms with Crippen molar-refractivity contribution in [2.75, 3.05) is 0 Å². The molecule has 0 fully saturated rings. The van der Waals surface area contributed by atoms with Crippen molar-refractivity contribution < 1.29 is 0 Å². The summed E-state index contributed by atoms with van der Waals surface area (Å²) in [4.78, 5) is 5.32. The van der Waals surface area contributed by atoms with E-state index in [1.807, 2.05) is 0 Å². The molecule has 0 unspecified atom stereocenters. The summed E-state index contributed by atoms with van der Waals surface area (Å²) in [6, 6.07) is 74.9. The molecule has 4 heteroatoms. The van der Waals surface area contributed by atoms with Crippen molar-refractivity contribution in [1.29, 1.82) is 0 Å². The van der Waals surface area contributed by atoms with Crippen molar-refractivity contribution in [3.8, 4) is 28.5 Å². The molecule has 0 N–H and O–H groups in total. The minimum absolute atomic E-state index is 0.931. The molecule has 0 amide bonds. The Hall–Kier alpha value is -7.95. The number of rotatable bonds is 4. The van der Waals surface area contributed by atoms with Gasteiger partial charge >= 0.3 is 0 Å². The predicted molar refractivity (Wildman–Crippen MR) is 248 cm³/mol. The van der Waals surface area contributed by atoms with E-state index in [0.29, 0.717) is 0 Å². The minimum Gasteiger partial charge on any atom is -0.309 e. The Labute approximate surface area is 339 Å². The lowest BCUT2D eigenvalue weighted by atomic mass is 9.99. The maximum absolute atomic E-state index is 5.32. The largest absolute Gasteiger partial charge is 0.309 e. The standard InChI is InChI=1S/C55H34N4/c1-4-15-38(16-5-1)55-56-47-30-27-37-25-24-36-26-29-41(32-44(36)52(37)54(47)59(55)40-19-8-3-9-20-40)58-48-23-13-12-22-43(48)45-33-46-51(34-50(45)58)57(39-17-6-2-7-18-39)49-31-28-35-14-10-11-21-42(35)53(46)49/h1-34H. The van der Waals surface area contributed by atoms with E-state index < -0.39 is 0 Å². The fourth-order valence-electron chi connectivity index (χ4n) is 9.82. The van der Waals surface area contributed by atoms with Gasteiger partial charge in [-0.2, -0.15) is 0 Å². The molecule has 0 radical (unpaired) electrons. The molecule has 13 rings (SSSR count). The molecule has 0 aliphatic carbocycles. The van der Waals surface area contributed by atoms with Crippen LogP contribution in [0.15, 0.2) is 206 Å². The van der Waals surface area contributed by atoms with Crippen LogP contribution in [0.5, 0.6) is 0 Å². The van der Waals surface area contributed by atoms with Crippen LogP contribution in [0, 0.1) is 0 Å². The number of para-hydroxylation sites is 3. The first-order chi connectivity index (χ1) is 29.3. The summed E-state index contributed by atoms with van der Waals surface area (Å²) in [7, 11) is 0. The van der Waals surface area contributed by atoms with E-state index in [1.165, 1.54) is 75.9 Å². The van der Waals surface area contributed by atoms with Gasteiger partial charge in [0, 0.05) is 49.6 Å². The summed E-state index contributed by atoms with van der Waals surface area (Å²) in [5.74, 6) is 0.931. The Morgan fingerprint density at radius 1 is 0.305 bits per heavy atom.